The molecule has 0 saturated carbocycles. The van der Waals surface area contributed by atoms with Crippen LogP contribution in [0.3, 0.4) is 0 Å². The number of carbonyl (C=O) groups excluding carboxylic acids is 1. The van der Waals surface area contributed by atoms with Crippen molar-refractivity contribution in [1.29, 1.82) is 0 Å². The van der Waals surface area contributed by atoms with Gasteiger partial charge in [-0.2, -0.15) is 0 Å². The SMILES string of the molecule is CC(C)(C)Nc1c(C(=O)c2ccc3ccccc3c2)c(O)cc2ccccc12. The second-order valence-electron chi connectivity index (χ2n) is 8.13. The Morgan fingerprint density at radius 2 is 1.46 bits per heavy atom. The van der Waals surface area contributed by atoms with Crippen molar-refractivity contribution in [3.8, 4) is 5.75 Å². The van der Waals surface area contributed by atoms with Crippen LogP contribution < -0.4 is 5.32 Å². The van der Waals surface area contributed by atoms with E-state index in [2.05, 4.69) is 5.32 Å². The zero-order chi connectivity index (χ0) is 19.9. The molecule has 4 aromatic rings. The van der Waals surface area contributed by atoms with Crippen LogP contribution in [0.15, 0.2) is 72.8 Å². The summed E-state index contributed by atoms with van der Waals surface area (Å²) in [7, 11) is 0. The topological polar surface area (TPSA) is 49.3 Å². The highest BCUT2D eigenvalue weighted by Gasteiger charge is 2.24. The van der Waals surface area contributed by atoms with Crippen molar-refractivity contribution in [2.75, 3.05) is 5.32 Å². The lowest BCUT2D eigenvalue weighted by Gasteiger charge is -2.26. The minimum Gasteiger partial charge on any atom is -0.507 e. The lowest BCUT2D eigenvalue weighted by molar-refractivity contribution is 0.103. The normalized spacial score (nSPS) is 11.7. The molecule has 0 heterocycles. The molecule has 0 aliphatic rings. The van der Waals surface area contributed by atoms with Crippen LogP contribution in [-0.2, 0) is 0 Å². The van der Waals surface area contributed by atoms with E-state index < -0.39 is 0 Å². The molecular formula is C25H23NO2. The van der Waals surface area contributed by atoms with E-state index in [1.54, 1.807) is 6.07 Å². The number of rotatable bonds is 3. The maximum atomic E-state index is 13.5. The number of phenolic OH excluding ortho intramolecular Hbond substituents is 1. The molecule has 0 bridgehead atoms. The molecule has 3 heteroatoms. The summed E-state index contributed by atoms with van der Waals surface area (Å²) in [5, 5.41) is 18.1. The minimum atomic E-state index is -0.269. The molecule has 28 heavy (non-hydrogen) atoms. The molecule has 140 valence electrons. The lowest BCUT2D eigenvalue weighted by Crippen LogP contribution is -2.27. The number of anilines is 1. The molecule has 0 saturated heterocycles. The molecule has 2 N–H and O–H groups in total. The summed E-state index contributed by atoms with van der Waals surface area (Å²) in [5.74, 6) is -0.204. The van der Waals surface area contributed by atoms with E-state index in [1.165, 1.54) is 0 Å². The van der Waals surface area contributed by atoms with E-state index in [1.807, 2.05) is 87.5 Å². The number of hydrogen-bond acceptors (Lipinski definition) is 3. The molecule has 0 unspecified atom stereocenters. The number of carbonyl (C=O) groups is 1. The van der Waals surface area contributed by atoms with Crippen molar-refractivity contribution in [2.24, 2.45) is 0 Å². The third-order valence-electron chi connectivity index (χ3n) is 4.77. The molecule has 0 spiro atoms. The smallest absolute Gasteiger partial charge is 0.198 e. The number of phenols is 1. The number of nitrogens with one attached hydrogen (secondary N) is 1. The van der Waals surface area contributed by atoms with Crippen LogP contribution in [0.1, 0.15) is 36.7 Å². The van der Waals surface area contributed by atoms with Crippen LogP contribution in [-0.4, -0.2) is 16.4 Å². The maximum absolute atomic E-state index is 13.5. The minimum absolute atomic E-state index is 0.0105. The van der Waals surface area contributed by atoms with E-state index in [-0.39, 0.29) is 17.1 Å². The van der Waals surface area contributed by atoms with E-state index >= 15 is 0 Å². The Kier molecular flexibility index (Phi) is 4.31. The van der Waals surface area contributed by atoms with E-state index in [4.69, 9.17) is 0 Å². The summed E-state index contributed by atoms with van der Waals surface area (Å²) in [5.41, 5.74) is 1.26. The van der Waals surface area contributed by atoms with Gasteiger partial charge in [0.15, 0.2) is 5.78 Å². The molecule has 0 fully saturated rings. The fraction of sp³-hybridized carbons (Fsp3) is 0.160. The first-order valence-electron chi connectivity index (χ1n) is 9.40. The Balaban J connectivity index is 1.94. The summed E-state index contributed by atoms with van der Waals surface area (Å²) in [6.45, 7) is 6.11. The van der Waals surface area contributed by atoms with Crippen LogP contribution in [0.25, 0.3) is 21.5 Å². The van der Waals surface area contributed by atoms with E-state index in [0.29, 0.717) is 16.8 Å². The van der Waals surface area contributed by atoms with Crippen LogP contribution in [0.4, 0.5) is 5.69 Å². The lowest BCUT2D eigenvalue weighted by atomic mass is 9.93. The van der Waals surface area contributed by atoms with Crippen LogP contribution >= 0.6 is 0 Å². The van der Waals surface area contributed by atoms with Gasteiger partial charge in [-0.05, 0) is 49.1 Å². The van der Waals surface area contributed by atoms with Crippen molar-refractivity contribution in [1.82, 2.24) is 0 Å². The van der Waals surface area contributed by atoms with E-state index in [0.717, 1.165) is 21.5 Å². The van der Waals surface area contributed by atoms with Gasteiger partial charge in [-0.25, -0.2) is 0 Å². The van der Waals surface area contributed by atoms with Crippen LogP contribution in [0.2, 0.25) is 0 Å². The predicted octanol–water partition coefficient (Wildman–Crippen LogP) is 6.14. The van der Waals surface area contributed by atoms with Gasteiger partial charge in [0.05, 0.1) is 11.3 Å². The molecular weight excluding hydrogens is 346 g/mol. The van der Waals surface area contributed by atoms with Crippen LogP contribution in [0, 0.1) is 0 Å². The molecule has 4 aromatic carbocycles. The summed E-state index contributed by atoms with van der Waals surface area (Å²) in [6.07, 6.45) is 0. The molecule has 0 atom stereocenters. The van der Waals surface area contributed by atoms with Crippen molar-refractivity contribution in [3.05, 3.63) is 83.9 Å². The van der Waals surface area contributed by atoms with Crippen LogP contribution in [0.5, 0.6) is 5.75 Å². The Labute approximate surface area is 164 Å². The second-order valence-corrected chi connectivity index (χ2v) is 8.13. The van der Waals surface area contributed by atoms with Gasteiger partial charge in [0.2, 0.25) is 0 Å². The van der Waals surface area contributed by atoms with Gasteiger partial charge in [0.25, 0.3) is 0 Å². The highest BCUT2D eigenvalue weighted by Crippen LogP contribution is 2.37. The van der Waals surface area contributed by atoms with Gasteiger partial charge in [0, 0.05) is 16.5 Å². The Bertz CT molecular complexity index is 1200. The monoisotopic (exact) mass is 369 g/mol. The first-order chi connectivity index (χ1) is 13.3. The van der Waals surface area contributed by atoms with Crippen molar-refractivity contribution >= 4 is 33.0 Å². The highest BCUT2D eigenvalue weighted by molar-refractivity contribution is 6.19. The predicted molar refractivity (Wildman–Crippen MR) is 116 cm³/mol. The zero-order valence-electron chi connectivity index (χ0n) is 16.3. The van der Waals surface area contributed by atoms with Crippen molar-refractivity contribution < 1.29 is 9.90 Å². The number of fused-ring (bicyclic) bond motifs is 2. The summed E-state index contributed by atoms with van der Waals surface area (Å²) < 4.78 is 0. The van der Waals surface area contributed by atoms with Gasteiger partial charge >= 0.3 is 0 Å². The third kappa shape index (κ3) is 3.31. The summed E-state index contributed by atoms with van der Waals surface area (Å²) in [4.78, 5) is 13.5. The average molecular weight is 369 g/mol. The first kappa shape index (κ1) is 18.1. The maximum Gasteiger partial charge on any atom is 0.198 e. The van der Waals surface area contributed by atoms with Gasteiger partial charge < -0.3 is 10.4 Å². The number of benzene rings is 4. The third-order valence-corrected chi connectivity index (χ3v) is 4.77. The fourth-order valence-corrected chi connectivity index (χ4v) is 3.54. The summed E-state index contributed by atoms with van der Waals surface area (Å²) >= 11 is 0. The van der Waals surface area contributed by atoms with Gasteiger partial charge in [-0.15, -0.1) is 0 Å². The second kappa shape index (κ2) is 6.68. The first-order valence-corrected chi connectivity index (χ1v) is 9.40. The van der Waals surface area contributed by atoms with Gasteiger partial charge in [0.1, 0.15) is 5.75 Å². The van der Waals surface area contributed by atoms with Gasteiger partial charge in [-0.3, -0.25) is 4.79 Å². The number of ketones is 1. The Morgan fingerprint density at radius 3 is 2.18 bits per heavy atom. The molecule has 0 aliphatic carbocycles. The fourth-order valence-electron chi connectivity index (χ4n) is 3.54. The zero-order valence-corrected chi connectivity index (χ0v) is 16.3. The average Bonchev–Trinajstić information content (AvgIpc) is 2.66. The molecule has 4 rings (SSSR count). The molecule has 0 aliphatic heterocycles. The number of hydrogen-bond donors (Lipinski definition) is 2. The molecule has 0 radical (unpaired) electrons. The number of aromatic hydroxyl groups is 1. The molecule has 0 aromatic heterocycles. The van der Waals surface area contributed by atoms with Crippen molar-refractivity contribution in [3.63, 3.8) is 0 Å². The quantitative estimate of drug-likeness (QED) is 0.426. The largest absolute Gasteiger partial charge is 0.507 e. The van der Waals surface area contributed by atoms with Crippen molar-refractivity contribution in [2.45, 2.75) is 26.3 Å². The van der Waals surface area contributed by atoms with E-state index in [9.17, 15) is 9.90 Å². The van der Waals surface area contributed by atoms with Gasteiger partial charge in [-0.1, -0.05) is 60.7 Å². The Morgan fingerprint density at radius 1 is 0.821 bits per heavy atom. The standard InChI is InChI=1S/C25H23NO2/c1-25(2,3)26-23-20-11-7-6-10-18(20)15-21(27)22(23)24(28)19-13-12-16-8-4-5-9-17(16)14-19/h4-15,26-27H,1-3H3. The molecule has 0 amide bonds. The molecule has 3 nitrogen and oxygen atoms in total. The Hall–Kier alpha value is -3.33. The highest BCUT2D eigenvalue weighted by atomic mass is 16.3. The summed E-state index contributed by atoms with van der Waals surface area (Å²) in [6, 6.07) is 23.0.